The van der Waals surface area contributed by atoms with Gasteiger partial charge in [-0.2, -0.15) is 0 Å². The fourth-order valence-corrected chi connectivity index (χ4v) is 6.31. The molecule has 6 rings (SSSR count). The van der Waals surface area contributed by atoms with Gasteiger partial charge in [0.1, 0.15) is 6.04 Å². The molecular weight excluding hydrogens is 474 g/mol. The van der Waals surface area contributed by atoms with Crippen LogP contribution >= 0.6 is 0 Å². The summed E-state index contributed by atoms with van der Waals surface area (Å²) in [6, 6.07) is 14.7. The SMILES string of the molecule is Cc1ccc2[nH]c(=O)c(C(c3nnnn3C3CCCCC3)N3CCN(c4cccc(C)c4C)CC3)cc2c1. The molecule has 2 aromatic carbocycles. The fraction of sp³-hybridized carbons (Fsp3) is 0.467. The Bertz CT molecular complexity index is 1490. The highest BCUT2D eigenvalue weighted by Crippen LogP contribution is 2.34. The van der Waals surface area contributed by atoms with E-state index in [0.717, 1.165) is 61.3 Å². The lowest BCUT2D eigenvalue weighted by Crippen LogP contribution is -2.49. The van der Waals surface area contributed by atoms with Crippen LogP contribution in [0, 0.1) is 20.8 Å². The molecule has 8 heteroatoms. The number of anilines is 1. The predicted octanol–water partition coefficient (Wildman–Crippen LogP) is 4.86. The zero-order valence-electron chi connectivity index (χ0n) is 22.7. The van der Waals surface area contributed by atoms with Crippen molar-refractivity contribution >= 4 is 16.6 Å². The molecule has 2 aliphatic rings. The number of rotatable bonds is 5. The van der Waals surface area contributed by atoms with Crippen LogP contribution in [0.5, 0.6) is 0 Å². The van der Waals surface area contributed by atoms with Crippen molar-refractivity contribution in [3.8, 4) is 0 Å². The first kappa shape index (κ1) is 24.8. The van der Waals surface area contributed by atoms with Gasteiger partial charge < -0.3 is 9.88 Å². The number of nitrogens with one attached hydrogen (secondary N) is 1. The minimum atomic E-state index is -0.304. The van der Waals surface area contributed by atoms with E-state index in [2.05, 4.69) is 81.4 Å². The number of piperazine rings is 1. The zero-order valence-corrected chi connectivity index (χ0v) is 22.7. The van der Waals surface area contributed by atoms with Gasteiger partial charge in [0.15, 0.2) is 5.82 Å². The van der Waals surface area contributed by atoms with Gasteiger partial charge in [-0.1, -0.05) is 43.0 Å². The molecule has 1 aliphatic heterocycles. The maximum Gasteiger partial charge on any atom is 0.253 e. The van der Waals surface area contributed by atoms with E-state index in [9.17, 15) is 4.79 Å². The number of pyridine rings is 1. The zero-order chi connectivity index (χ0) is 26.2. The molecule has 1 saturated heterocycles. The van der Waals surface area contributed by atoms with E-state index in [4.69, 9.17) is 0 Å². The maximum atomic E-state index is 13.6. The summed E-state index contributed by atoms with van der Waals surface area (Å²) in [6.07, 6.45) is 5.82. The lowest BCUT2D eigenvalue weighted by atomic mass is 9.95. The number of aromatic amines is 1. The van der Waals surface area contributed by atoms with E-state index in [1.165, 1.54) is 41.6 Å². The molecule has 1 N–H and O–H groups in total. The molecule has 2 aromatic heterocycles. The number of nitrogens with zero attached hydrogens (tertiary/aromatic N) is 6. The molecule has 8 nitrogen and oxygen atoms in total. The molecule has 2 fully saturated rings. The third-order valence-electron chi connectivity index (χ3n) is 8.60. The molecule has 0 spiro atoms. The van der Waals surface area contributed by atoms with E-state index in [1.807, 2.05) is 16.8 Å². The molecule has 198 valence electrons. The Balaban J connectivity index is 1.39. The second kappa shape index (κ2) is 10.3. The highest BCUT2D eigenvalue weighted by molar-refractivity contribution is 5.79. The van der Waals surface area contributed by atoms with E-state index < -0.39 is 0 Å². The third-order valence-corrected chi connectivity index (χ3v) is 8.60. The van der Waals surface area contributed by atoms with Gasteiger partial charge in [0.25, 0.3) is 5.56 Å². The van der Waals surface area contributed by atoms with Crippen LogP contribution in [0.1, 0.15) is 72.3 Å². The Morgan fingerprint density at radius 2 is 1.74 bits per heavy atom. The standard InChI is InChI=1S/C30H37N7O/c1-20-12-13-26-23(18-20)19-25(30(38)31-26)28(29-32-33-34-37(29)24-9-5-4-6-10-24)36-16-14-35(15-17-36)27-11-7-8-21(2)22(27)3/h7-8,11-13,18-19,24,28H,4-6,9-10,14-17H2,1-3H3,(H,31,38). The Morgan fingerprint density at radius 3 is 2.53 bits per heavy atom. The smallest absolute Gasteiger partial charge is 0.253 e. The van der Waals surface area contributed by atoms with Crippen molar-refractivity contribution in [3.63, 3.8) is 0 Å². The van der Waals surface area contributed by atoms with E-state index in [1.54, 1.807) is 0 Å². The number of aromatic nitrogens is 5. The number of benzene rings is 2. The molecule has 1 saturated carbocycles. The van der Waals surface area contributed by atoms with Crippen LogP contribution in [0.4, 0.5) is 5.69 Å². The highest BCUT2D eigenvalue weighted by atomic mass is 16.1. The first-order chi connectivity index (χ1) is 18.5. The van der Waals surface area contributed by atoms with E-state index in [0.29, 0.717) is 0 Å². The monoisotopic (exact) mass is 511 g/mol. The van der Waals surface area contributed by atoms with E-state index >= 15 is 0 Å². The molecule has 0 bridgehead atoms. The van der Waals surface area contributed by atoms with Crippen molar-refractivity contribution < 1.29 is 0 Å². The Morgan fingerprint density at radius 1 is 0.947 bits per heavy atom. The van der Waals surface area contributed by atoms with Crippen LogP contribution in [-0.4, -0.2) is 56.3 Å². The predicted molar refractivity (Wildman–Crippen MR) is 151 cm³/mol. The molecular formula is C30H37N7O. The second-order valence-electron chi connectivity index (χ2n) is 11.1. The summed E-state index contributed by atoms with van der Waals surface area (Å²) in [6.45, 7) is 9.87. The van der Waals surface area contributed by atoms with Crippen molar-refractivity contribution in [2.75, 3.05) is 31.1 Å². The third kappa shape index (κ3) is 4.62. The largest absolute Gasteiger partial charge is 0.369 e. The average Bonchev–Trinajstić information content (AvgIpc) is 3.41. The molecule has 1 aliphatic carbocycles. The lowest BCUT2D eigenvalue weighted by Gasteiger charge is -2.40. The van der Waals surface area contributed by atoms with Gasteiger partial charge in [0.2, 0.25) is 0 Å². The normalized spacial score (nSPS) is 18.2. The minimum Gasteiger partial charge on any atom is -0.369 e. The molecule has 3 heterocycles. The van der Waals surface area contributed by atoms with Crippen molar-refractivity contribution in [1.29, 1.82) is 0 Å². The van der Waals surface area contributed by atoms with Gasteiger partial charge in [-0.05, 0) is 84.8 Å². The summed E-state index contributed by atoms with van der Waals surface area (Å²) in [5, 5.41) is 14.2. The molecule has 1 atom stereocenters. The Hall–Kier alpha value is -3.52. The quantitative estimate of drug-likeness (QED) is 0.412. The Kier molecular flexibility index (Phi) is 6.74. The molecule has 1 unspecified atom stereocenters. The Labute approximate surface area is 223 Å². The van der Waals surface area contributed by atoms with Crippen molar-refractivity contribution in [2.45, 2.75) is 65.0 Å². The topological polar surface area (TPSA) is 82.9 Å². The van der Waals surface area contributed by atoms with Crippen molar-refractivity contribution in [3.05, 3.63) is 80.9 Å². The van der Waals surface area contributed by atoms with Gasteiger partial charge in [-0.25, -0.2) is 4.68 Å². The highest BCUT2D eigenvalue weighted by Gasteiger charge is 2.34. The average molecular weight is 512 g/mol. The summed E-state index contributed by atoms with van der Waals surface area (Å²) in [7, 11) is 0. The first-order valence-corrected chi connectivity index (χ1v) is 14.0. The number of aryl methyl sites for hydroxylation is 2. The van der Waals surface area contributed by atoms with Crippen LogP contribution in [0.15, 0.2) is 47.3 Å². The number of tetrazole rings is 1. The maximum absolute atomic E-state index is 13.6. The minimum absolute atomic E-state index is 0.0681. The first-order valence-electron chi connectivity index (χ1n) is 14.0. The second-order valence-corrected chi connectivity index (χ2v) is 11.1. The summed E-state index contributed by atoms with van der Waals surface area (Å²) in [5.74, 6) is 0.787. The number of fused-ring (bicyclic) bond motifs is 1. The van der Waals surface area contributed by atoms with E-state index in [-0.39, 0.29) is 17.6 Å². The van der Waals surface area contributed by atoms with Crippen LogP contribution in [0.3, 0.4) is 0 Å². The van der Waals surface area contributed by atoms with Crippen LogP contribution in [0.25, 0.3) is 10.9 Å². The fourth-order valence-electron chi connectivity index (χ4n) is 6.31. The molecule has 0 radical (unpaired) electrons. The van der Waals surface area contributed by atoms with Gasteiger partial charge in [-0.15, -0.1) is 5.10 Å². The number of H-pyrrole nitrogens is 1. The molecule has 0 amide bonds. The van der Waals surface area contributed by atoms with Crippen LogP contribution < -0.4 is 10.5 Å². The van der Waals surface area contributed by atoms with Crippen LogP contribution in [-0.2, 0) is 0 Å². The van der Waals surface area contributed by atoms with Gasteiger partial charge in [-0.3, -0.25) is 9.69 Å². The van der Waals surface area contributed by atoms with Gasteiger partial charge in [0, 0.05) is 42.9 Å². The number of hydrogen-bond acceptors (Lipinski definition) is 6. The van der Waals surface area contributed by atoms with Crippen molar-refractivity contribution in [1.82, 2.24) is 30.1 Å². The summed E-state index contributed by atoms with van der Waals surface area (Å²) in [5.41, 5.74) is 6.62. The van der Waals surface area contributed by atoms with Crippen molar-refractivity contribution in [2.24, 2.45) is 0 Å². The van der Waals surface area contributed by atoms with Gasteiger partial charge in [0.05, 0.1) is 6.04 Å². The van der Waals surface area contributed by atoms with Crippen LogP contribution in [0.2, 0.25) is 0 Å². The lowest BCUT2D eigenvalue weighted by molar-refractivity contribution is 0.192. The summed E-state index contributed by atoms with van der Waals surface area (Å²) in [4.78, 5) is 21.6. The summed E-state index contributed by atoms with van der Waals surface area (Å²) >= 11 is 0. The molecule has 4 aromatic rings. The summed E-state index contributed by atoms with van der Waals surface area (Å²) < 4.78 is 2.03. The molecule has 38 heavy (non-hydrogen) atoms. The van der Waals surface area contributed by atoms with Gasteiger partial charge >= 0.3 is 0 Å². The number of hydrogen-bond donors (Lipinski definition) is 1.